The summed E-state index contributed by atoms with van der Waals surface area (Å²) in [4.78, 5) is 24.0. The molecule has 1 aromatic rings. The minimum Gasteiger partial charge on any atom is -0.291 e. The van der Waals surface area contributed by atoms with Crippen LogP contribution in [0.1, 0.15) is 17.5 Å². The van der Waals surface area contributed by atoms with Crippen LogP contribution in [0.25, 0.3) is 0 Å². The Hall–Kier alpha value is -1.72. The van der Waals surface area contributed by atoms with Crippen molar-refractivity contribution in [2.45, 2.75) is 6.92 Å². The standard InChI is InChI=1S/C5H5N4O2/c1-3(11)4-7-5(6-2-10)9-8-4/h1H3,(H2,6,7,8,9,10). The van der Waals surface area contributed by atoms with Crippen molar-refractivity contribution in [3.63, 3.8) is 0 Å². The maximum absolute atomic E-state index is 10.6. The number of nitrogens with zero attached hydrogens (tertiary/aromatic N) is 2. The minimum absolute atomic E-state index is 0.0465. The van der Waals surface area contributed by atoms with E-state index in [9.17, 15) is 9.59 Å². The van der Waals surface area contributed by atoms with Gasteiger partial charge in [-0.15, -0.1) is 5.10 Å². The summed E-state index contributed by atoms with van der Waals surface area (Å²) < 4.78 is 0. The highest BCUT2D eigenvalue weighted by Crippen LogP contribution is 1.96. The summed E-state index contributed by atoms with van der Waals surface area (Å²) in [5, 5.41) is 7.91. The molecule has 2 N–H and O–H groups in total. The molecule has 0 aliphatic heterocycles. The van der Waals surface area contributed by atoms with Crippen molar-refractivity contribution >= 4 is 18.1 Å². The Kier molecular flexibility index (Phi) is 1.95. The molecule has 1 rings (SSSR count). The molecule has 1 amide bonds. The second kappa shape index (κ2) is 2.91. The van der Waals surface area contributed by atoms with Crippen molar-refractivity contribution in [2.24, 2.45) is 0 Å². The molecule has 0 aliphatic rings. The highest BCUT2D eigenvalue weighted by atomic mass is 16.1. The van der Waals surface area contributed by atoms with E-state index in [0.29, 0.717) is 0 Å². The Morgan fingerprint density at radius 3 is 2.91 bits per heavy atom. The van der Waals surface area contributed by atoms with Crippen LogP contribution in [0.4, 0.5) is 5.95 Å². The van der Waals surface area contributed by atoms with Gasteiger partial charge in [-0.2, -0.15) is 4.98 Å². The van der Waals surface area contributed by atoms with Crippen LogP contribution in [-0.4, -0.2) is 27.4 Å². The first-order valence-electron chi connectivity index (χ1n) is 2.80. The summed E-state index contributed by atoms with van der Waals surface area (Å²) in [6, 6.07) is 0. The second-order valence-corrected chi connectivity index (χ2v) is 1.79. The number of ketones is 1. The Balaban J connectivity index is 2.81. The lowest BCUT2D eigenvalue weighted by Crippen LogP contribution is -1.97. The lowest BCUT2D eigenvalue weighted by Gasteiger charge is -1.82. The summed E-state index contributed by atoms with van der Waals surface area (Å²) >= 11 is 0. The molecule has 57 valence electrons. The number of aromatic amines is 1. The molecule has 0 unspecified atom stereocenters. The van der Waals surface area contributed by atoms with Crippen molar-refractivity contribution in [3.8, 4) is 0 Å². The lowest BCUT2D eigenvalue weighted by atomic mass is 10.4. The van der Waals surface area contributed by atoms with Gasteiger partial charge >= 0.3 is 6.41 Å². The molecule has 6 nitrogen and oxygen atoms in total. The molecule has 0 fully saturated rings. The molecular weight excluding hydrogens is 148 g/mol. The van der Waals surface area contributed by atoms with Crippen LogP contribution in [0.2, 0.25) is 0 Å². The second-order valence-electron chi connectivity index (χ2n) is 1.79. The summed E-state index contributed by atoms with van der Waals surface area (Å²) in [7, 11) is 0. The number of hydrogen-bond donors (Lipinski definition) is 2. The van der Waals surface area contributed by atoms with E-state index in [0.717, 1.165) is 0 Å². The molecule has 0 aliphatic carbocycles. The van der Waals surface area contributed by atoms with Gasteiger partial charge in [0.2, 0.25) is 5.95 Å². The minimum atomic E-state index is -0.239. The number of H-pyrrole nitrogens is 1. The molecule has 0 aromatic carbocycles. The van der Waals surface area contributed by atoms with Crippen LogP contribution in [0.5, 0.6) is 0 Å². The Morgan fingerprint density at radius 2 is 2.45 bits per heavy atom. The third kappa shape index (κ3) is 1.60. The first kappa shape index (κ1) is 7.39. The van der Waals surface area contributed by atoms with Crippen LogP contribution < -0.4 is 5.32 Å². The highest BCUT2D eigenvalue weighted by molar-refractivity contribution is 5.90. The SMILES string of the molecule is CC(=O)c1nc(N[C]=O)n[nH]1. The van der Waals surface area contributed by atoms with Gasteiger partial charge in [-0.25, -0.2) is 0 Å². The van der Waals surface area contributed by atoms with E-state index in [2.05, 4.69) is 20.5 Å². The fourth-order valence-corrected chi connectivity index (χ4v) is 0.521. The number of nitrogens with one attached hydrogen (secondary N) is 2. The van der Waals surface area contributed by atoms with Gasteiger partial charge in [0.25, 0.3) is 0 Å². The molecule has 1 radical (unpaired) electrons. The van der Waals surface area contributed by atoms with E-state index >= 15 is 0 Å². The quantitative estimate of drug-likeness (QED) is 0.452. The van der Waals surface area contributed by atoms with Crippen LogP contribution in [0.3, 0.4) is 0 Å². The van der Waals surface area contributed by atoms with Crippen LogP contribution in [-0.2, 0) is 4.79 Å². The maximum Gasteiger partial charge on any atom is 0.316 e. The Bertz CT molecular complexity index is 280. The monoisotopic (exact) mass is 153 g/mol. The fraction of sp³-hybridized carbons (Fsp3) is 0.200. The molecule has 1 heterocycles. The molecule has 0 bridgehead atoms. The van der Waals surface area contributed by atoms with E-state index in [1.165, 1.54) is 13.3 Å². The van der Waals surface area contributed by atoms with Crippen molar-refractivity contribution in [1.29, 1.82) is 0 Å². The van der Waals surface area contributed by atoms with Gasteiger partial charge in [0.15, 0.2) is 11.6 Å². The lowest BCUT2D eigenvalue weighted by molar-refractivity contribution is 0.100. The number of carbonyl (C=O) groups excluding carboxylic acids is 2. The van der Waals surface area contributed by atoms with Gasteiger partial charge in [0.05, 0.1) is 0 Å². The number of aromatic nitrogens is 3. The molecule has 0 spiro atoms. The van der Waals surface area contributed by atoms with Crippen LogP contribution in [0, 0.1) is 0 Å². The zero-order valence-electron chi connectivity index (χ0n) is 5.71. The van der Waals surface area contributed by atoms with Gasteiger partial charge in [0.1, 0.15) is 0 Å². The zero-order valence-corrected chi connectivity index (χ0v) is 5.71. The average Bonchev–Trinajstić information content (AvgIpc) is 2.37. The molecule has 11 heavy (non-hydrogen) atoms. The summed E-state index contributed by atoms with van der Waals surface area (Å²) in [6.07, 6.45) is 1.38. The van der Waals surface area contributed by atoms with Crippen molar-refractivity contribution < 1.29 is 9.59 Å². The number of carbonyl (C=O) groups is 1. The zero-order chi connectivity index (χ0) is 8.27. The van der Waals surface area contributed by atoms with Crippen molar-refractivity contribution in [2.75, 3.05) is 5.32 Å². The van der Waals surface area contributed by atoms with Crippen LogP contribution >= 0.6 is 0 Å². The molecule has 6 heteroatoms. The molecule has 1 aromatic heterocycles. The predicted molar refractivity (Wildman–Crippen MR) is 35.7 cm³/mol. The van der Waals surface area contributed by atoms with E-state index < -0.39 is 0 Å². The number of rotatable bonds is 3. The summed E-state index contributed by atoms with van der Waals surface area (Å²) in [5.41, 5.74) is 0. The van der Waals surface area contributed by atoms with Gasteiger partial charge in [-0.1, -0.05) is 0 Å². The molecule has 0 saturated carbocycles. The first-order valence-corrected chi connectivity index (χ1v) is 2.80. The summed E-state index contributed by atoms with van der Waals surface area (Å²) in [6.45, 7) is 1.34. The largest absolute Gasteiger partial charge is 0.316 e. The van der Waals surface area contributed by atoms with Crippen molar-refractivity contribution in [3.05, 3.63) is 5.82 Å². The van der Waals surface area contributed by atoms with Gasteiger partial charge in [-0.05, 0) is 0 Å². The third-order valence-electron chi connectivity index (χ3n) is 0.982. The van der Waals surface area contributed by atoms with E-state index in [1.807, 2.05) is 0 Å². The number of anilines is 1. The smallest absolute Gasteiger partial charge is 0.291 e. The van der Waals surface area contributed by atoms with Crippen LogP contribution in [0.15, 0.2) is 0 Å². The number of hydrogen-bond acceptors (Lipinski definition) is 4. The summed E-state index contributed by atoms with van der Waals surface area (Å²) in [5.74, 6) is -0.0793. The molecular formula is C5H5N4O2. The normalized spacial score (nSPS) is 9.18. The van der Waals surface area contributed by atoms with Crippen molar-refractivity contribution in [1.82, 2.24) is 15.2 Å². The fourth-order valence-electron chi connectivity index (χ4n) is 0.521. The highest BCUT2D eigenvalue weighted by Gasteiger charge is 2.05. The van der Waals surface area contributed by atoms with Gasteiger partial charge in [0, 0.05) is 6.92 Å². The number of amides is 1. The maximum atomic E-state index is 10.6. The predicted octanol–water partition coefficient (Wildman–Crippen LogP) is -0.514. The topological polar surface area (TPSA) is 87.7 Å². The van der Waals surface area contributed by atoms with Gasteiger partial charge < -0.3 is 0 Å². The molecule has 0 saturated heterocycles. The van der Waals surface area contributed by atoms with E-state index in [4.69, 9.17) is 0 Å². The molecule has 0 atom stereocenters. The van der Waals surface area contributed by atoms with E-state index in [-0.39, 0.29) is 17.6 Å². The Labute approximate surface area is 62.0 Å². The third-order valence-corrected chi connectivity index (χ3v) is 0.982. The first-order chi connectivity index (χ1) is 5.24. The van der Waals surface area contributed by atoms with E-state index in [1.54, 1.807) is 0 Å². The number of Topliss-reactive ketones (excluding diaryl/α,β-unsaturated/α-hetero) is 1. The average molecular weight is 153 g/mol. The van der Waals surface area contributed by atoms with Gasteiger partial charge in [-0.3, -0.25) is 20.0 Å². The Morgan fingerprint density at radius 1 is 1.73 bits per heavy atom.